The van der Waals surface area contributed by atoms with Crippen LogP contribution in [-0.2, 0) is 4.74 Å². The Balaban J connectivity index is 2.00. The Morgan fingerprint density at radius 3 is 2.38 bits per heavy atom. The van der Waals surface area contributed by atoms with Crippen LogP contribution in [0.2, 0.25) is 0 Å². The number of rotatable bonds is 5. The van der Waals surface area contributed by atoms with Gasteiger partial charge in [-0.05, 0) is 70.6 Å². The average Bonchev–Trinajstić information content (AvgIpc) is 3.03. The van der Waals surface area contributed by atoms with E-state index in [0.29, 0.717) is 17.9 Å². The first kappa shape index (κ1) is 16.5. The number of allylic oxidation sites excluding steroid dienone is 3. The molecule has 1 nitrogen and oxygen atoms in total. The topological polar surface area (TPSA) is 12.5 Å². The highest BCUT2D eigenvalue weighted by atomic mass is 16.6. The summed E-state index contributed by atoms with van der Waals surface area (Å²) in [5.41, 5.74) is 3.18. The highest BCUT2D eigenvalue weighted by molar-refractivity contribution is 5.17. The molecule has 0 N–H and O–H groups in total. The van der Waals surface area contributed by atoms with Crippen LogP contribution in [0.1, 0.15) is 60.3 Å². The van der Waals surface area contributed by atoms with Crippen molar-refractivity contribution in [2.75, 3.05) is 0 Å². The molecule has 0 aromatic rings. The molecule has 2 rings (SSSR count). The van der Waals surface area contributed by atoms with Gasteiger partial charge >= 0.3 is 0 Å². The molecule has 0 aromatic heterocycles. The molecule has 1 aliphatic carbocycles. The molecule has 0 amide bonds. The lowest BCUT2D eigenvalue weighted by molar-refractivity contribution is 0.169. The van der Waals surface area contributed by atoms with Gasteiger partial charge in [-0.15, -0.1) is 6.58 Å². The summed E-state index contributed by atoms with van der Waals surface area (Å²) in [6.45, 7) is 19.5. The van der Waals surface area contributed by atoms with Crippen molar-refractivity contribution in [3.63, 3.8) is 0 Å². The Morgan fingerprint density at radius 1 is 1.29 bits per heavy atom. The van der Waals surface area contributed by atoms with E-state index in [0.717, 1.165) is 6.42 Å². The van der Waals surface area contributed by atoms with E-state index >= 15 is 0 Å². The zero-order chi connectivity index (χ0) is 15.8. The van der Waals surface area contributed by atoms with Crippen LogP contribution in [0.5, 0.6) is 0 Å². The lowest BCUT2D eigenvalue weighted by Crippen LogP contribution is -2.33. The summed E-state index contributed by atoms with van der Waals surface area (Å²) >= 11 is 0. The van der Waals surface area contributed by atoms with Crippen LogP contribution in [0.4, 0.5) is 0 Å². The normalized spacial score (nSPS) is 38.9. The standard InChI is InChI=1S/C20H32O/c1-8-20(7)12-11-16(13-17(20)14(2)3)15(4)9-10-18-19(5,6)21-18/h8-9,16-18H,1-2,10-13H2,3-7H3/b15-9+/t16-,17+,18+,20-/m0/s1. The number of epoxide rings is 1. The molecule has 2 aliphatic rings. The maximum absolute atomic E-state index is 5.68. The maximum Gasteiger partial charge on any atom is 0.0902 e. The molecule has 1 heterocycles. The Bertz CT molecular complexity index is 456. The van der Waals surface area contributed by atoms with Gasteiger partial charge in [-0.25, -0.2) is 0 Å². The number of hydrogen-bond acceptors (Lipinski definition) is 1. The predicted molar refractivity (Wildman–Crippen MR) is 91.3 cm³/mol. The molecule has 1 aliphatic heterocycles. The van der Waals surface area contributed by atoms with Crippen molar-refractivity contribution in [2.24, 2.45) is 17.3 Å². The molecule has 0 unspecified atom stereocenters. The second-order valence-corrected chi connectivity index (χ2v) is 7.97. The fourth-order valence-corrected chi connectivity index (χ4v) is 3.88. The van der Waals surface area contributed by atoms with Crippen LogP contribution in [0.3, 0.4) is 0 Å². The van der Waals surface area contributed by atoms with Crippen LogP contribution >= 0.6 is 0 Å². The first-order chi connectivity index (χ1) is 9.69. The van der Waals surface area contributed by atoms with E-state index in [1.165, 1.54) is 24.8 Å². The Hall–Kier alpha value is -0.820. The molecule has 1 saturated heterocycles. The molecular weight excluding hydrogens is 256 g/mol. The fourth-order valence-electron chi connectivity index (χ4n) is 3.88. The molecule has 4 atom stereocenters. The van der Waals surface area contributed by atoms with E-state index in [2.05, 4.69) is 59.9 Å². The van der Waals surface area contributed by atoms with Crippen molar-refractivity contribution in [1.29, 1.82) is 0 Å². The second kappa shape index (κ2) is 5.76. The molecule has 0 bridgehead atoms. The summed E-state index contributed by atoms with van der Waals surface area (Å²) in [5, 5.41) is 0. The van der Waals surface area contributed by atoms with Gasteiger partial charge in [0.2, 0.25) is 0 Å². The van der Waals surface area contributed by atoms with Gasteiger partial charge in [-0.3, -0.25) is 0 Å². The first-order valence-electron chi connectivity index (χ1n) is 8.33. The SMILES string of the molecule is C=C[C@@]1(C)CC[C@H](/C(C)=C/C[C@H]2OC2(C)C)C[C@@H]1C(=C)C. The van der Waals surface area contributed by atoms with E-state index in [9.17, 15) is 0 Å². The van der Waals surface area contributed by atoms with Crippen LogP contribution in [0, 0.1) is 17.3 Å². The number of hydrogen-bond donors (Lipinski definition) is 0. The minimum absolute atomic E-state index is 0.102. The quantitative estimate of drug-likeness (QED) is 0.468. The highest BCUT2D eigenvalue weighted by Crippen LogP contribution is 2.49. The summed E-state index contributed by atoms with van der Waals surface area (Å²) in [5.74, 6) is 1.26. The van der Waals surface area contributed by atoms with Crippen LogP contribution in [0.15, 0.2) is 36.5 Å². The van der Waals surface area contributed by atoms with E-state index in [4.69, 9.17) is 4.74 Å². The lowest BCUT2D eigenvalue weighted by Gasteiger charge is -2.43. The second-order valence-electron chi connectivity index (χ2n) is 7.97. The first-order valence-corrected chi connectivity index (χ1v) is 8.33. The average molecular weight is 288 g/mol. The van der Waals surface area contributed by atoms with Gasteiger partial charge in [-0.1, -0.05) is 36.8 Å². The molecule has 0 radical (unpaired) electrons. The van der Waals surface area contributed by atoms with Gasteiger partial charge < -0.3 is 4.74 Å². The summed E-state index contributed by atoms with van der Waals surface area (Å²) in [7, 11) is 0. The minimum Gasteiger partial charge on any atom is -0.366 e. The van der Waals surface area contributed by atoms with Crippen molar-refractivity contribution in [2.45, 2.75) is 72.0 Å². The third kappa shape index (κ3) is 3.51. The number of ether oxygens (including phenoxy) is 1. The maximum atomic E-state index is 5.68. The Labute approximate surface area is 131 Å². The Morgan fingerprint density at radius 2 is 1.90 bits per heavy atom. The van der Waals surface area contributed by atoms with Crippen molar-refractivity contribution >= 4 is 0 Å². The van der Waals surface area contributed by atoms with E-state index < -0.39 is 0 Å². The third-order valence-corrected chi connectivity index (χ3v) is 5.87. The van der Waals surface area contributed by atoms with Gasteiger partial charge in [0.05, 0.1) is 11.7 Å². The molecule has 1 heteroatoms. The molecular formula is C20H32O. The zero-order valence-electron chi connectivity index (χ0n) is 14.5. The minimum atomic E-state index is 0.102. The smallest absolute Gasteiger partial charge is 0.0902 e. The molecule has 118 valence electrons. The lowest BCUT2D eigenvalue weighted by atomic mass is 9.61. The van der Waals surface area contributed by atoms with Gasteiger partial charge in [0.1, 0.15) is 0 Å². The van der Waals surface area contributed by atoms with Crippen molar-refractivity contribution < 1.29 is 4.74 Å². The summed E-state index contributed by atoms with van der Waals surface area (Å²) in [4.78, 5) is 0. The van der Waals surface area contributed by atoms with Gasteiger partial charge in [0.25, 0.3) is 0 Å². The van der Waals surface area contributed by atoms with Gasteiger partial charge in [-0.2, -0.15) is 0 Å². The molecule has 1 saturated carbocycles. The molecule has 0 spiro atoms. The van der Waals surface area contributed by atoms with Crippen LogP contribution < -0.4 is 0 Å². The molecule has 2 fully saturated rings. The van der Waals surface area contributed by atoms with Crippen molar-refractivity contribution in [3.05, 3.63) is 36.5 Å². The van der Waals surface area contributed by atoms with Gasteiger partial charge in [0.15, 0.2) is 0 Å². The predicted octanol–water partition coefficient (Wildman–Crippen LogP) is 5.68. The molecule has 21 heavy (non-hydrogen) atoms. The van der Waals surface area contributed by atoms with E-state index in [1.807, 2.05) is 0 Å². The van der Waals surface area contributed by atoms with Crippen LogP contribution in [0.25, 0.3) is 0 Å². The monoisotopic (exact) mass is 288 g/mol. The fraction of sp³-hybridized carbons (Fsp3) is 0.700. The third-order valence-electron chi connectivity index (χ3n) is 5.87. The summed E-state index contributed by atoms with van der Waals surface area (Å²) in [6.07, 6.45) is 9.75. The zero-order valence-corrected chi connectivity index (χ0v) is 14.5. The van der Waals surface area contributed by atoms with E-state index in [1.54, 1.807) is 5.57 Å². The Kier molecular flexibility index (Phi) is 4.54. The molecule has 0 aromatic carbocycles. The summed E-state index contributed by atoms with van der Waals surface area (Å²) in [6, 6.07) is 0. The summed E-state index contributed by atoms with van der Waals surface area (Å²) < 4.78 is 5.68. The van der Waals surface area contributed by atoms with Gasteiger partial charge in [0, 0.05) is 0 Å². The van der Waals surface area contributed by atoms with E-state index in [-0.39, 0.29) is 11.0 Å². The van der Waals surface area contributed by atoms with Crippen molar-refractivity contribution in [3.8, 4) is 0 Å². The van der Waals surface area contributed by atoms with Crippen LogP contribution in [-0.4, -0.2) is 11.7 Å². The highest BCUT2D eigenvalue weighted by Gasteiger charge is 2.46. The van der Waals surface area contributed by atoms with Crippen molar-refractivity contribution in [1.82, 2.24) is 0 Å². The largest absolute Gasteiger partial charge is 0.366 e.